The summed E-state index contributed by atoms with van der Waals surface area (Å²) >= 11 is 6.63. The smallest absolute Gasteiger partial charge is 0.227 e. The minimum absolute atomic E-state index is 0.469. The van der Waals surface area contributed by atoms with Crippen molar-refractivity contribution in [2.24, 2.45) is 0 Å². The fraction of sp³-hybridized carbons (Fsp3) is 0.450. The number of fused-ring (bicyclic) bond motifs is 1. The fourth-order valence-electron chi connectivity index (χ4n) is 4.05. The fourth-order valence-corrected chi connectivity index (χ4v) is 4.37. The van der Waals surface area contributed by atoms with Gasteiger partial charge in [-0.3, -0.25) is 10.00 Å². The first-order valence-corrected chi connectivity index (χ1v) is 10.1. The maximum Gasteiger partial charge on any atom is 0.227 e. The van der Waals surface area contributed by atoms with Crippen LogP contribution in [0.1, 0.15) is 30.0 Å². The van der Waals surface area contributed by atoms with Crippen LogP contribution in [0.15, 0.2) is 24.5 Å². The topological polar surface area (TPSA) is 79.0 Å². The third-order valence-electron chi connectivity index (χ3n) is 5.88. The molecular formula is C20H23ClN6O. The summed E-state index contributed by atoms with van der Waals surface area (Å²) in [6.45, 7) is 5.91. The number of halogens is 1. The van der Waals surface area contributed by atoms with Crippen LogP contribution in [-0.2, 0) is 4.74 Å². The SMILES string of the molecule is Cc1[nH]ncc1Nc1ncc2cc(Cl)c(C3CCN(C4COC4)CC3)cc2n1. The molecule has 0 radical (unpaired) electrons. The van der Waals surface area contributed by atoms with Gasteiger partial charge >= 0.3 is 0 Å². The number of anilines is 2. The molecule has 2 aliphatic heterocycles. The maximum atomic E-state index is 6.63. The Morgan fingerprint density at radius 3 is 2.71 bits per heavy atom. The second-order valence-electron chi connectivity index (χ2n) is 7.66. The predicted molar refractivity (Wildman–Crippen MR) is 109 cm³/mol. The van der Waals surface area contributed by atoms with Crippen molar-refractivity contribution in [1.82, 2.24) is 25.1 Å². The van der Waals surface area contributed by atoms with E-state index in [0.717, 1.165) is 66.5 Å². The molecule has 2 aliphatic rings. The second kappa shape index (κ2) is 7.31. The van der Waals surface area contributed by atoms with Gasteiger partial charge in [-0.25, -0.2) is 9.97 Å². The monoisotopic (exact) mass is 398 g/mol. The Bertz CT molecular complexity index is 994. The van der Waals surface area contributed by atoms with E-state index in [1.54, 1.807) is 6.20 Å². The summed E-state index contributed by atoms with van der Waals surface area (Å²) < 4.78 is 5.33. The highest BCUT2D eigenvalue weighted by Crippen LogP contribution is 2.36. The molecule has 146 valence electrons. The van der Waals surface area contributed by atoms with Crippen LogP contribution in [-0.4, -0.2) is 57.4 Å². The van der Waals surface area contributed by atoms with Crippen molar-refractivity contribution >= 4 is 34.1 Å². The number of H-pyrrole nitrogens is 1. The molecule has 3 aromatic rings. The average Bonchev–Trinajstić information content (AvgIpc) is 3.05. The van der Waals surface area contributed by atoms with Crippen LogP contribution in [0, 0.1) is 6.92 Å². The highest BCUT2D eigenvalue weighted by atomic mass is 35.5. The number of benzene rings is 1. The maximum absolute atomic E-state index is 6.63. The van der Waals surface area contributed by atoms with Crippen LogP contribution in [0.3, 0.4) is 0 Å². The normalized spacial score (nSPS) is 19.1. The molecule has 0 spiro atoms. The zero-order valence-corrected chi connectivity index (χ0v) is 16.5. The Morgan fingerprint density at radius 2 is 2.04 bits per heavy atom. The van der Waals surface area contributed by atoms with E-state index in [9.17, 15) is 0 Å². The predicted octanol–water partition coefficient (Wildman–Crippen LogP) is 3.64. The largest absolute Gasteiger partial charge is 0.378 e. The first-order valence-electron chi connectivity index (χ1n) is 9.72. The van der Waals surface area contributed by atoms with E-state index in [-0.39, 0.29) is 0 Å². The number of aromatic nitrogens is 4. The van der Waals surface area contributed by atoms with E-state index in [1.165, 1.54) is 5.56 Å². The van der Waals surface area contributed by atoms with Crippen molar-refractivity contribution in [2.45, 2.75) is 31.7 Å². The van der Waals surface area contributed by atoms with E-state index >= 15 is 0 Å². The van der Waals surface area contributed by atoms with E-state index < -0.39 is 0 Å². The van der Waals surface area contributed by atoms with Gasteiger partial charge in [0, 0.05) is 16.6 Å². The molecule has 2 N–H and O–H groups in total. The van der Waals surface area contributed by atoms with Crippen LogP contribution < -0.4 is 5.32 Å². The van der Waals surface area contributed by atoms with Crippen molar-refractivity contribution in [2.75, 3.05) is 31.6 Å². The van der Waals surface area contributed by atoms with Gasteiger partial charge in [0.2, 0.25) is 5.95 Å². The summed E-state index contributed by atoms with van der Waals surface area (Å²) in [4.78, 5) is 11.7. The Kier molecular flexibility index (Phi) is 4.66. The van der Waals surface area contributed by atoms with E-state index in [1.807, 2.05) is 19.2 Å². The molecule has 2 saturated heterocycles. The van der Waals surface area contributed by atoms with Gasteiger partial charge in [0.25, 0.3) is 0 Å². The Hall–Kier alpha value is -2.22. The van der Waals surface area contributed by atoms with Gasteiger partial charge in [-0.15, -0.1) is 0 Å². The Balaban J connectivity index is 1.38. The number of piperidine rings is 1. The van der Waals surface area contributed by atoms with E-state index in [0.29, 0.717) is 17.9 Å². The van der Waals surface area contributed by atoms with Gasteiger partial charge in [-0.05, 0) is 56.5 Å². The first kappa shape index (κ1) is 17.8. The van der Waals surface area contributed by atoms with E-state index in [4.69, 9.17) is 21.3 Å². The van der Waals surface area contributed by atoms with Crippen molar-refractivity contribution in [3.8, 4) is 0 Å². The van der Waals surface area contributed by atoms with Gasteiger partial charge in [-0.2, -0.15) is 5.10 Å². The van der Waals surface area contributed by atoms with Crippen LogP contribution in [0.4, 0.5) is 11.6 Å². The number of hydrogen-bond acceptors (Lipinski definition) is 6. The molecule has 0 unspecified atom stereocenters. The van der Waals surface area contributed by atoms with Gasteiger partial charge in [0.1, 0.15) is 0 Å². The van der Waals surface area contributed by atoms with Crippen molar-refractivity contribution in [3.63, 3.8) is 0 Å². The van der Waals surface area contributed by atoms with Gasteiger partial charge in [0.05, 0.1) is 42.4 Å². The quantitative estimate of drug-likeness (QED) is 0.698. The van der Waals surface area contributed by atoms with Crippen molar-refractivity contribution in [3.05, 3.63) is 40.8 Å². The van der Waals surface area contributed by atoms with Crippen molar-refractivity contribution in [1.29, 1.82) is 0 Å². The standard InChI is InChI=1S/C20H23ClN6O/c1-12-19(9-23-26-12)25-20-22-8-14-6-17(21)16(7-18(14)24-20)13-2-4-27(5-3-13)15-10-28-11-15/h6-9,13,15H,2-5,10-11H2,1H3,(H,23,26)(H,22,24,25). The lowest BCUT2D eigenvalue weighted by Crippen LogP contribution is -2.51. The molecule has 8 heteroatoms. The molecule has 1 aromatic carbocycles. The summed E-state index contributed by atoms with van der Waals surface area (Å²) in [6.07, 6.45) is 5.78. The molecule has 0 aliphatic carbocycles. The molecule has 2 aromatic heterocycles. The van der Waals surface area contributed by atoms with Crippen LogP contribution >= 0.6 is 11.6 Å². The molecule has 0 saturated carbocycles. The summed E-state index contributed by atoms with van der Waals surface area (Å²) in [5.74, 6) is 1.03. The molecule has 2 fully saturated rings. The highest BCUT2D eigenvalue weighted by molar-refractivity contribution is 6.32. The minimum atomic E-state index is 0.469. The number of nitrogens with zero attached hydrogens (tertiary/aromatic N) is 4. The van der Waals surface area contributed by atoms with E-state index in [2.05, 4.69) is 31.5 Å². The number of hydrogen-bond donors (Lipinski definition) is 2. The first-order chi connectivity index (χ1) is 13.7. The third kappa shape index (κ3) is 3.34. The minimum Gasteiger partial charge on any atom is -0.378 e. The zero-order chi connectivity index (χ0) is 19.1. The molecule has 4 heterocycles. The summed E-state index contributed by atoms with van der Waals surface area (Å²) in [5, 5.41) is 11.9. The third-order valence-corrected chi connectivity index (χ3v) is 6.21. The van der Waals surface area contributed by atoms with Crippen LogP contribution in [0.25, 0.3) is 10.9 Å². The van der Waals surface area contributed by atoms with Gasteiger partial charge in [0.15, 0.2) is 0 Å². The number of rotatable bonds is 4. The molecule has 7 nitrogen and oxygen atoms in total. The number of ether oxygens (including phenoxy) is 1. The summed E-state index contributed by atoms with van der Waals surface area (Å²) in [5.41, 5.74) is 3.93. The summed E-state index contributed by atoms with van der Waals surface area (Å²) in [6, 6.07) is 4.74. The van der Waals surface area contributed by atoms with Crippen molar-refractivity contribution < 1.29 is 4.74 Å². The summed E-state index contributed by atoms with van der Waals surface area (Å²) in [7, 11) is 0. The second-order valence-corrected chi connectivity index (χ2v) is 8.07. The van der Waals surface area contributed by atoms with Gasteiger partial charge < -0.3 is 10.1 Å². The molecule has 28 heavy (non-hydrogen) atoms. The molecule has 0 atom stereocenters. The molecular weight excluding hydrogens is 376 g/mol. The number of aryl methyl sites for hydroxylation is 1. The Labute approximate surface area is 168 Å². The number of likely N-dealkylation sites (tertiary alicyclic amines) is 1. The number of nitrogens with one attached hydrogen (secondary N) is 2. The molecule has 5 rings (SSSR count). The van der Waals surface area contributed by atoms with Crippen LogP contribution in [0.5, 0.6) is 0 Å². The zero-order valence-electron chi connectivity index (χ0n) is 15.8. The average molecular weight is 399 g/mol. The van der Waals surface area contributed by atoms with Gasteiger partial charge in [-0.1, -0.05) is 11.6 Å². The van der Waals surface area contributed by atoms with Crippen LogP contribution in [0.2, 0.25) is 5.02 Å². The molecule has 0 bridgehead atoms. The number of aromatic amines is 1. The lowest BCUT2D eigenvalue weighted by atomic mass is 9.88. The lowest BCUT2D eigenvalue weighted by Gasteiger charge is -2.41. The lowest BCUT2D eigenvalue weighted by molar-refractivity contribution is -0.0712. The highest BCUT2D eigenvalue weighted by Gasteiger charge is 2.30. The molecule has 0 amide bonds. The Morgan fingerprint density at radius 1 is 1.21 bits per heavy atom.